The number of fused-ring (bicyclic) bond motifs is 1. The van der Waals surface area contributed by atoms with Crippen molar-refractivity contribution in [3.05, 3.63) is 30.0 Å². The van der Waals surface area contributed by atoms with Gasteiger partial charge >= 0.3 is 0 Å². The molecule has 19 heavy (non-hydrogen) atoms. The number of carbonyl (C=O) groups is 1. The Kier molecular flexibility index (Phi) is 4.22. The molecule has 0 saturated carbocycles. The van der Waals surface area contributed by atoms with Crippen molar-refractivity contribution in [3.8, 4) is 5.75 Å². The zero-order valence-electron chi connectivity index (χ0n) is 11.4. The van der Waals surface area contributed by atoms with Crippen molar-refractivity contribution in [1.29, 1.82) is 0 Å². The van der Waals surface area contributed by atoms with Crippen LogP contribution in [0.15, 0.2) is 24.3 Å². The summed E-state index contributed by atoms with van der Waals surface area (Å²) in [6, 6.07) is 7.52. The zero-order valence-corrected chi connectivity index (χ0v) is 11.4. The summed E-state index contributed by atoms with van der Waals surface area (Å²) in [5.74, 6) is 0.937. The number of nitrogens with one attached hydrogen (secondary N) is 1. The van der Waals surface area contributed by atoms with Crippen LogP contribution in [-0.2, 0) is 0 Å². The lowest BCUT2D eigenvalue weighted by Crippen LogP contribution is -2.11. The minimum Gasteiger partial charge on any atom is -0.479 e. The van der Waals surface area contributed by atoms with Gasteiger partial charge in [0.1, 0.15) is 12.5 Å². The van der Waals surface area contributed by atoms with Crippen molar-refractivity contribution < 1.29 is 9.53 Å². The Bertz CT molecular complexity index is 575. The predicted molar refractivity (Wildman–Crippen MR) is 76.4 cm³/mol. The SMILES string of the molecule is CCCC(C)C(=O)c1cc2cc(OCN)ccc2[nH]1. The van der Waals surface area contributed by atoms with Crippen LogP contribution < -0.4 is 10.5 Å². The molecule has 0 amide bonds. The number of nitrogens with two attached hydrogens (primary N) is 1. The molecule has 4 heteroatoms. The number of hydrogen-bond donors (Lipinski definition) is 2. The van der Waals surface area contributed by atoms with Crippen LogP contribution in [0.3, 0.4) is 0 Å². The predicted octanol–water partition coefficient (Wildman–Crippen LogP) is 3.08. The van der Waals surface area contributed by atoms with Gasteiger partial charge in [-0.1, -0.05) is 20.3 Å². The first-order chi connectivity index (χ1) is 9.15. The first kappa shape index (κ1) is 13.6. The Balaban J connectivity index is 2.28. The highest BCUT2D eigenvalue weighted by atomic mass is 16.5. The summed E-state index contributed by atoms with van der Waals surface area (Å²) in [5, 5.41) is 0.970. The van der Waals surface area contributed by atoms with Gasteiger partial charge in [0.25, 0.3) is 0 Å². The summed E-state index contributed by atoms with van der Waals surface area (Å²) in [7, 11) is 0. The minimum absolute atomic E-state index is 0.0535. The van der Waals surface area contributed by atoms with E-state index in [0.717, 1.165) is 29.5 Å². The van der Waals surface area contributed by atoms with Gasteiger partial charge in [0, 0.05) is 16.8 Å². The molecule has 0 aliphatic heterocycles. The van der Waals surface area contributed by atoms with E-state index in [0.29, 0.717) is 5.69 Å². The second-order valence-electron chi connectivity index (χ2n) is 4.80. The maximum Gasteiger partial charge on any atom is 0.181 e. The van der Waals surface area contributed by atoms with Gasteiger partial charge in [-0.3, -0.25) is 10.5 Å². The van der Waals surface area contributed by atoms with Crippen LogP contribution >= 0.6 is 0 Å². The van der Waals surface area contributed by atoms with E-state index < -0.39 is 0 Å². The van der Waals surface area contributed by atoms with Crippen molar-refractivity contribution in [2.75, 3.05) is 6.73 Å². The highest BCUT2D eigenvalue weighted by Gasteiger charge is 2.16. The number of hydrogen-bond acceptors (Lipinski definition) is 3. The standard InChI is InChI=1S/C15H20N2O2/c1-3-4-10(2)15(18)14-8-11-7-12(19-9-16)5-6-13(11)17-14/h5-8,10,17H,3-4,9,16H2,1-2H3. The van der Waals surface area contributed by atoms with Crippen LogP contribution in [0.5, 0.6) is 5.75 Å². The van der Waals surface area contributed by atoms with Gasteiger partial charge in [-0.15, -0.1) is 0 Å². The maximum absolute atomic E-state index is 12.2. The van der Waals surface area contributed by atoms with E-state index in [-0.39, 0.29) is 18.4 Å². The molecule has 0 bridgehead atoms. The van der Waals surface area contributed by atoms with E-state index in [4.69, 9.17) is 10.5 Å². The molecule has 0 aliphatic carbocycles. The Morgan fingerprint density at radius 2 is 2.21 bits per heavy atom. The van der Waals surface area contributed by atoms with E-state index in [1.807, 2.05) is 31.2 Å². The Labute approximate surface area is 112 Å². The molecule has 0 radical (unpaired) electrons. The monoisotopic (exact) mass is 260 g/mol. The lowest BCUT2D eigenvalue weighted by molar-refractivity contribution is 0.0919. The van der Waals surface area contributed by atoms with Crippen molar-refractivity contribution in [1.82, 2.24) is 4.98 Å². The molecule has 2 rings (SSSR count). The molecule has 1 aromatic carbocycles. The van der Waals surface area contributed by atoms with E-state index in [1.165, 1.54) is 0 Å². The summed E-state index contributed by atoms with van der Waals surface area (Å²) in [4.78, 5) is 15.4. The summed E-state index contributed by atoms with van der Waals surface area (Å²) >= 11 is 0. The molecule has 0 aliphatic rings. The highest BCUT2D eigenvalue weighted by Crippen LogP contribution is 2.23. The molecule has 102 valence electrons. The summed E-state index contributed by atoms with van der Waals surface area (Å²) in [6.07, 6.45) is 1.93. The third-order valence-corrected chi connectivity index (χ3v) is 3.28. The molecule has 0 saturated heterocycles. The average Bonchev–Trinajstić information content (AvgIpc) is 2.81. The normalized spacial score (nSPS) is 12.6. The van der Waals surface area contributed by atoms with Gasteiger partial charge in [-0.25, -0.2) is 0 Å². The van der Waals surface area contributed by atoms with Crippen molar-refractivity contribution in [2.45, 2.75) is 26.7 Å². The van der Waals surface area contributed by atoms with Crippen LogP contribution in [-0.4, -0.2) is 17.5 Å². The molecule has 1 aromatic heterocycles. The number of Topliss-reactive ketones (excluding diaryl/α,β-unsaturated/α-hetero) is 1. The third-order valence-electron chi connectivity index (χ3n) is 3.28. The largest absolute Gasteiger partial charge is 0.479 e. The smallest absolute Gasteiger partial charge is 0.181 e. The number of ether oxygens (including phenoxy) is 1. The van der Waals surface area contributed by atoms with Gasteiger partial charge in [0.2, 0.25) is 0 Å². The minimum atomic E-state index is 0.0535. The molecule has 0 fully saturated rings. The molecule has 2 aromatic rings. The number of benzene rings is 1. The maximum atomic E-state index is 12.2. The molecule has 1 heterocycles. The number of aromatic nitrogens is 1. The highest BCUT2D eigenvalue weighted by molar-refractivity contribution is 6.00. The van der Waals surface area contributed by atoms with Crippen LogP contribution in [0.1, 0.15) is 37.2 Å². The first-order valence-electron chi connectivity index (χ1n) is 6.65. The van der Waals surface area contributed by atoms with E-state index in [2.05, 4.69) is 11.9 Å². The molecule has 0 spiro atoms. The van der Waals surface area contributed by atoms with E-state index in [1.54, 1.807) is 0 Å². The van der Waals surface area contributed by atoms with Crippen LogP contribution in [0.4, 0.5) is 0 Å². The van der Waals surface area contributed by atoms with Crippen LogP contribution in [0, 0.1) is 5.92 Å². The molecule has 4 nitrogen and oxygen atoms in total. The molecule has 1 unspecified atom stereocenters. The number of rotatable bonds is 6. The number of aromatic amines is 1. The fourth-order valence-corrected chi connectivity index (χ4v) is 2.26. The second-order valence-corrected chi connectivity index (χ2v) is 4.80. The summed E-state index contributed by atoms with van der Waals surface area (Å²) < 4.78 is 5.25. The fourth-order valence-electron chi connectivity index (χ4n) is 2.26. The Morgan fingerprint density at radius 1 is 1.42 bits per heavy atom. The number of carbonyl (C=O) groups excluding carboxylic acids is 1. The van der Waals surface area contributed by atoms with Gasteiger partial charge in [0.05, 0.1) is 5.69 Å². The average molecular weight is 260 g/mol. The van der Waals surface area contributed by atoms with Gasteiger partial charge in [-0.2, -0.15) is 0 Å². The quantitative estimate of drug-likeness (QED) is 0.619. The second kappa shape index (κ2) is 5.89. The molecule has 3 N–H and O–H groups in total. The van der Waals surface area contributed by atoms with Gasteiger partial charge in [0.15, 0.2) is 5.78 Å². The number of ketones is 1. The van der Waals surface area contributed by atoms with Crippen molar-refractivity contribution in [3.63, 3.8) is 0 Å². The zero-order chi connectivity index (χ0) is 13.8. The van der Waals surface area contributed by atoms with Crippen molar-refractivity contribution in [2.24, 2.45) is 11.7 Å². The Morgan fingerprint density at radius 3 is 2.89 bits per heavy atom. The molecule has 1 atom stereocenters. The third kappa shape index (κ3) is 2.96. The van der Waals surface area contributed by atoms with Gasteiger partial charge in [-0.05, 0) is 30.7 Å². The van der Waals surface area contributed by atoms with E-state index in [9.17, 15) is 4.79 Å². The van der Waals surface area contributed by atoms with Gasteiger partial charge < -0.3 is 9.72 Å². The lowest BCUT2D eigenvalue weighted by Gasteiger charge is -2.06. The van der Waals surface area contributed by atoms with Crippen LogP contribution in [0.2, 0.25) is 0 Å². The topological polar surface area (TPSA) is 68.1 Å². The Hall–Kier alpha value is -1.81. The summed E-state index contributed by atoms with van der Waals surface area (Å²) in [6.45, 7) is 4.21. The number of H-pyrrole nitrogens is 1. The molecular weight excluding hydrogens is 240 g/mol. The fraction of sp³-hybridized carbons (Fsp3) is 0.400. The summed E-state index contributed by atoms with van der Waals surface area (Å²) in [5.41, 5.74) is 6.96. The van der Waals surface area contributed by atoms with Crippen molar-refractivity contribution >= 4 is 16.7 Å². The first-order valence-corrected chi connectivity index (χ1v) is 6.65. The van der Waals surface area contributed by atoms with E-state index >= 15 is 0 Å². The lowest BCUT2D eigenvalue weighted by atomic mass is 9.99. The molecular formula is C15H20N2O2. The van der Waals surface area contributed by atoms with Crippen LogP contribution in [0.25, 0.3) is 10.9 Å².